The summed E-state index contributed by atoms with van der Waals surface area (Å²) in [5.74, 6) is -0.124. The van der Waals surface area contributed by atoms with Crippen molar-refractivity contribution in [1.82, 2.24) is 4.98 Å². The van der Waals surface area contributed by atoms with Gasteiger partial charge in [-0.2, -0.15) is 0 Å². The molecule has 0 atom stereocenters. The minimum Gasteiger partial charge on any atom is -0.397 e. The normalized spacial score (nSPS) is 10.1. The fourth-order valence-corrected chi connectivity index (χ4v) is 1.67. The van der Waals surface area contributed by atoms with Crippen molar-refractivity contribution in [2.75, 3.05) is 16.8 Å². The van der Waals surface area contributed by atoms with Crippen molar-refractivity contribution in [3.8, 4) is 11.3 Å². The predicted molar refractivity (Wildman–Crippen MR) is 72.8 cm³/mol. The summed E-state index contributed by atoms with van der Waals surface area (Å²) in [4.78, 5) is 15.2. The Morgan fingerprint density at radius 3 is 2.78 bits per heavy atom. The fraction of sp³-hybridized carbons (Fsp3) is 0.0769. The van der Waals surface area contributed by atoms with Gasteiger partial charge in [0.15, 0.2) is 0 Å². The lowest BCUT2D eigenvalue weighted by atomic mass is 10.1. The lowest BCUT2D eigenvalue weighted by Gasteiger charge is -2.09. The minimum absolute atomic E-state index is 0.124. The van der Waals surface area contributed by atoms with Gasteiger partial charge in [-0.25, -0.2) is 0 Å². The van der Waals surface area contributed by atoms with Crippen LogP contribution in [-0.2, 0) is 4.79 Å². The first-order valence-electron chi connectivity index (χ1n) is 5.46. The highest BCUT2D eigenvalue weighted by atomic mass is 16.1. The largest absolute Gasteiger partial charge is 0.397 e. The summed E-state index contributed by atoms with van der Waals surface area (Å²) in [7, 11) is 0. The molecule has 1 aromatic heterocycles. The number of hydrogen-bond donors (Lipinski definition) is 3. The number of nitrogens with two attached hydrogens (primary N) is 2. The summed E-state index contributed by atoms with van der Waals surface area (Å²) in [6.45, 7) is 1.46. The van der Waals surface area contributed by atoms with Crippen LogP contribution in [0.2, 0.25) is 0 Å². The van der Waals surface area contributed by atoms with Crippen LogP contribution in [0.15, 0.2) is 36.5 Å². The monoisotopic (exact) mass is 242 g/mol. The Labute approximate surface area is 105 Å². The summed E-state index contributed by atoms with van der Waals surface area (Å²) in [5, 5.41) is 2.71. The standard InChI is InChI=1S/C13H14N4O/c1-8(18)17-10-4-2-3-9(7-10)13-12(15)11(14)5-6-16-13/h2-7H,15H2,1H3,(H2,14,16)(H,17,18). The van der Waals surface area contributed by atoms with Crippen LogP contribution < -0.4 is 16.8 Å². The Kier molecular flexibility index (Phi) is 3.14. The van der Waals surface area contributed by atoms with Gasteiger partial charge in [0.2, 0.25) is 5.91 Å². The average Bonchev–Trinajstić information content (AvgIpc) is 2.32. The Balaban J connectivity index is 2.44. The zero-order chi connectivity index (χ0) is 13.1. The molecule has 0 bridgehead atoms. The van der Waals surface area contributed by atoms with Gasteiger partial charge in [-0.05, 0) is 18.2 Å². The second-order valence-corrected chi connectivity index (χ2v) is 3.92. The predicted octanol–water partition coefficient (Wildman–Crippen LogP) is 1.87. The molecule has 0 saturated heterocycles. The van der Waals surface area contributed by atoms with Crippen LogP contribution in [0.3, 0.4) is 0 Å². The number of anilines is 3. The topological polar surface area (TPSA) is 94.0 Å². The van der Waals surface area contributed by atoms with Crippen molar-refractivity contribution in [2.24, 2.45) is 0 Å². The first kappa shape index (κ1) is 11.9. The molecule has 2 rings (SSSR count). The molecule has 0 aliphatic heterocycles. The first-order chi connectivity index (χ1) is 8.58. The summed E-state index contributed by atoms with van der Waals surface area (Å²) in [6, 6.07) is 8.94. The molecule has 18 heavy (non-hydrogen) atoms. The van der Waals surface area contributed by atoms with Gasteiger partial charge >= 0.3 is 0 Å². The maximum Gasteiger partial charge on any atom is 0.221 e. The zero-order valence-electron chi connectivity index (χ0n) is 9.97. The number of hydrogen-bond acceptors (Lipinski definition) is 4. The highest BCUT2D eigenvalue weighted by Gasteiger charge is 2.07. The van der Waals surface area contributed by atoms with Gasteiger partial charge in [-0.3, -0.25) is 9.78 Å². The molecule has 1 amide bonds. The van der Waals surface area contributed by atoms with E-state index >= 15 is 0 Å². The number of nitrogens with one attached hydrogen (secondary N) is 1. The van der Waals surface area contributed by atoms with Crippen molar-refractivity contribution in [3.63, 3.8) is 0 Å². The minimum atomic E-state index is -0.124. The van der Waals surface area contributed by atoms with E-state index in [-0.39, 0.29) is 5.91 Å². The van der Waals surface area contributed by atoms with Gasteiger partial charge in [0.1, 0.15) is 0 Å². The van der Waals surface area contributed by atoms with Crippen LogP contribution >= 0.6 is 0 Å². The molecule has 92 valence electrons. The number of nitrogen functional groups attached to an aromatic ring is 2. The van der Waals surface area contributed by atoms with Crippen LogP contribution in [0, 0.1) is 0 Å². The van der Waals surface area contributed by atoms with Crippen molar-refractivity contribution < 1.29 is 4.79 Å². The molecule has 0 unspecified atom stereocenters. The smallest absolute Gasteiger partial charge is 0.221 e. The van der Waals surface area contributed by atoms with Crippen LogP contribution in [-0.4, -0.2) is 10.9 Å². The maximum absolute atomic E-state index is 11.0. The molecule has 0 aliphatic rings. The molecular weight excluding hydrogens is 228 g/mol. The second kappa shape index (κ2) is 4.75. The molecule has 0 aliphatic carbocycles. The number of pyridine rings is 1. The number of carbonyl (C=O) groups is 1. The van der Waals surface area contributed by atoms with Gasteiger partial charge in [0.05, 0.1) is 17.1 Å². The average molecular weight is 242 g/mol. The summed E-state index contributed by atoms with van der Waals surface area (Å²) < 4.78 is 0. The van der Waals surface area contributed by atoms with E-state index in [1.807, 2.05) is 12.1 Å². The quantitative estimate of drug-likeness (QED) is 0.749. The van der Waals surface area contributed by atoms with Crippen molar-refractivity contribution in [3.05, 3.63) is 36.5 Å². The molecular formula is C13H14N4O. The zero-order valence-corrected chi connectivity index (χ0v) is 9.97. The Morgan fingerprint density at radius 1 is 1.28 bits per heavy atom. The molecule has 1 aromatic carbocycles. The number of nitrogens with zero attached hydrogens (tertiary/aromatic N) is 1. The van der Waals surface area contributed by atoms with E-state index in [1.165, 1.54) is 6.92 Å². The maximum atomic E-state index is 11.0. The Hall–Kier alpha value is -2.56. The number of aromatic nitrogens is 1. The lowest BCUT2D eigenvalue weighted by molar-refractivity contribution is -0.114. The van der Waals surface area contributed by atoms with E-state index in [2.05, 4.69) is 10.3 Å². The third kappa shape index (κ3) is 2.40. The van der Waals surface area contributed by atoms with Gasteiger partial charge in [-0.1, -0.05) is 12.1 Å². The molecule has 1 heterocycles. The molecule has 5 N–H and O–H groups in total. The highest BCUT2D eigenvalue weighted by Crippen LogP contribution is 2.29. The highest BCUT2D eigenvalue weighted by molar-refractivity contribution is 5.90. The second-order valence-electron chi connectivity index (χ2n) is 3.92. The molecule has 5 nitrogen and oxygen atoms in total. The van der Waals surface area contributed by atoms with Crippen LogP contribution in [0.1, 0.15) is 6.92 Å². The number of benzene rings is 1. The van der Waals surface area contributed by atoms with Crippen molar-refractivity contribution in [2.45, 2.75) is 6.92 Å². The fourth-order valence-electron chi connectivity index (χ4n) is 1.67. The summed E-state index contributed by atoms with van der Waals surface area (Å²) in [6.07, 6.45) is 1.60. The molecule has 0 spiro atoms. The molecule has 0 fully saturated rings. The van der Waals surface area contributed by atoms with E-state index in [1.54, 1.807) is 24.4 Å². The van der Waals surface area contributed by atoms with Gasteiger partial charge in [0.25, 0.3) is 0 Å². The first-order valence-corrected chi connectivity index (χ1v) is 5.46. The van der Waals surface area contributed by atoms with E-state index in [0.29, 0.717) is 22.8 Å². The van der Waals surface area contributed by atoms with Crippen LogP contribution in [0.4, 0.5) is 17.1 Å². The molecule has 2 aromatic rings. The van der Waals surface area contributed by atoms with Gasteiger partial charge < -0.3 is 16.8 Å². The summed E-state index contributed by atoms with van der Waals surface area (Å²) in [5.41, 5.74) is 14.7. The van der Waals surface area contributed by atoms with Crippen molar-refractivity contribution in [1.29, 1.82) is 0 Å². The van der Waals surface area contributed by atoms with Crippen LogP contribution in [0.5, 0.6) is 0 Å². The van der Waals surface area contributed by atoms with E-state index in [9.17, 15) is 4.79 Å². The molecule has 5 heteroatoms. The van der Waals surface area contributed by atoms with Crippen LogP contribution in [0.25, 0.3) is 11.3 Å². The molecule has 0 radical (unpaired) electrons. The van der Waals surface area contributed by atoms with Gasteiger partial charge in [0, 0.05) is 24.4 Å². The molecule has 0 saturated carbocycles. The van der Waals surface area contributed by atoms with E-state index in [0.717, 1.165) is 5.56 Å². The Bertz CT molecular complexity index is 595. The van der Waals surface area contributed by atoms with E-state index < -0.39 is 0 Å². The lowest BCUT2D eigenvalue weighted by Crippen LogP contribution is -2.05. The SMILES string of the molecule is CC(=O)Nc1cccc(-c2nccc(N)c2N)c1. The number of rotatable bonds is 2. The number of carbonyl (C=O) groups excluding carboxylic acids is 1. The third-order valence-corrected chi connectivity index (χ3v) is 2.48. The summed E-state index contributed by atoms with van der Waals surface area (Å²) >= 11 is 0. The third-order valence-electron chi connectivity index (χ3n) is 2.48. The van der Waals surface area contributed by atoms with E-state index in [4.69, 9.17) is 11.5 Å². The Morgan fingerprint density at radius 2 is 2.06 bits per heavy atom. The van der Waals surface area contributed by atoms with Crippen molar-refractivity contribution >= 4 is 23.0 Å². The number of amides is 1. The van der Waals surface area contributed by atoms with Gasteiger partial charge in [-0.15, -0.1) is 0 Å².